The smallest absolute Gasteiger partial charge is 0.184 e. The van der Waals surface area contributed by atoms with Crippen LogP contribution in [0.2, 0.25) is 0 Å². The Balaban J connectivity index is 2.47. The highest BCUT2D eigenvalue weighted by Gasteiger charge is 2.74. The number of allylic oxidation sites excluding steroid dienone is 8. The lowest BCUT2D eigenvalue weighted by Gasteiger charge is -2.60. The van der Waals surface area contributed by atoms with Crippen LogP contribution < -0.4 is 0 Å². The molecule has 238 valence electrons. The highest BCUT2D eigenvalue weighted by Crippen LogP contribution is 2.66. The number of Topliss-reactive ketones (excluding diaryl/α,β-unsaturated/α-hetero) is 3. The first-order valence-corrected chi connectivity index (χ1v) is 15.5. The van der Waals surface area contributed by atoms with Crippen LogP contribution in [0.4, 0.5) is 0 Å². The van der Waals surface area contributed by atoms with Crippen molar-refractivity contribution in [3.63, 3.8) is 0 Å². The van der Waals surface area contributed by atoms with Gasteiger partial charge in [-0.3, -0.25) is 14.4 Å². The van der Waals surface area contributed by atoms with E-state index >= 15 is 4.79 Å². The first kappa shape index (κ1) is 34.8. The average molecular weight is 603 g/mol. The Kier molecular flexibility index (Phi) is 10.1. The van der Waals surface area contributed by atoms with E-state index < -0.39 is 50.6 Å². The van der Waals surface area contributed by atoms with E-state index in [1.54, 1.807) is 0 Å². The van der Waals surface area contributed by atoms with Crippen molar-refractivity contribution >= 4 is 23.1 Å². The molecule has 2 aliphatic rings. The van der Waals surface area contributed by atoms with Gasteiger partial charge in [0.25, 0.3) is 0 Å². The molecule has 2 aliphatic carbocycles. The monoisotopic (exact) mass is 602 g/mol. The summed E-state index contributed by atoms with van der Waals surface area (Å²) in [7, 11) is 0. The van der Waals surface area contributed by atoms with Gasteiger partial charge in [0, 0.05) is 5.56 Å². The quantitative estimate of drug-likeness (QED) is 0.0616. The summed E-state index contributed by atoms with van der Waals surface area (Å²) in [5, 5.41) is 31.7. The Bertz CT molecular complexity index is 1490. The second-order valence-corrected chi connectivity index (χ2v) is 14.3. The Morgan fingerprint density at radius 3 is 2.02 bits per heavy atom. The Morgan fingerprint density at radius 2 is 1.50 bits per heavy atom. The largest absolute Gasteiger partial charge is 0.506 e. The van der Waals surface area contributed by atoms with Gasteiger partial charge >= 0.3 is 0 Å². The summed E-state index contributed by atoms with van der Waals surface area (Å²) in [6.45, 7) is 21.9. The molecule has 3 rings (SSSR count). The summed E-state index contributed by atoms with van der Waals surface area (Å²) >= 11 is 0. The molecular weight excluding hydrogens is 552 g/mol. The summed E-state index contributed by atoms with van der Waals surface area (Å²) < 4.78 is 0. The van der Waals surface area contributed by atoms with Gasteiger partial charge in [0.05, 0.1) is 5.41 Å². The molecule has 2 bridgehead atoms. The lowest BCUT2D eigenvalue weighted by Crippen LogP contribution is -2.69. The van der Waals surface area contributed by atoms with Gasteiger partial charge in [-0.05, 0) is 116 Å². The standard InChI is InChI=1S/C38H50O6/c1-22(2)11-13-27(25(7)8)20-37-21-28(15-12-23(3)4)36(9,10)38(35(37)44,18-17-24(5)6)34(43)31(33(37)42)32(41)26-14-16-29(39)30(40)19-26/h11-12,14,16-17,19,27-28,39-41H,7,13,15,18,20-21H2,1-6,8-10H3/t27?,28?,37-,38+/m1/s1. The van der Waals surface area contributed by atoms with Crippen molar-refractivity contribution in [3.05, 3.63) is 76.4 Å². The molecule has 6 heteroatoms. The summed E-state index contributed by atoms with van der Waals surface area (Å²) in [4.78, 5) is 44.9. The minimum Gasteiger partial charge on any atom is -0.506 e. The van der Waals surface area contributed by atoms with E-state index in [0.717, 1.165) is 28.4 Å². The number of phenols is 2. The Labute approximate surface area is 263 Å². The number of hydrogen-bond donors (Lipinski definition) is 3. The highest BCUT2D eigenvalue weighted by molar-refractivity contribution is 6.41. The molecule has 4 atom stereocenters. The molecule has 0 heterocycles. The third-order valence-corrected chi connectivity index (χ3v) is 10.0. The van der Waals surface area contributed by atoms with Gasteiger partial charge in [0.1, 0.15) is 16.7 Å². The van der Waals surface area contributed by atoms with E-state index in [9.17, 15) is 24.9 Å². The lowest BCUT2D eigenvalue weighted by molar-refractivity contribution is -0.177. The SMILES string of the molecule is C=C(C)C(CC=C(C)C)C[C@@]12CC(CC=C(C)C)C(C)(C)[C@@](CC=C(C)C)(C(=O)C(=C(O)c3ccc(O)c(O)c3)C1=O)C2=O. The van der Waals surface area contributed by atoms with Gasteiger partial charge < -0.3 is 15.3 Å². The summed E-state index contributed by atoms with van der Waals surface area (Å²) in [5.41, 5.74) is -0.453. The predicted octanol–water partition coefficient (Wildman–Crippen LogP) is 8.76. The number of phenolic OH excluding ortho intramolecular Hbond substituents is 2. The minimum absolute atomic E-state index is 0.0110. The molecule has 1 aromatic rings. The van der Waals surface area contributed by atoms with Crippen LogP contribution in [-0.2, 0) is 14.4 Å². The van der Waals surface area contributed by atoms with E-state index in [0.29, 0.717) is 12.8 Å². The molecule has 3 N–H and O–H groups in total. The summed E-state index contributed by atoms with van der Waals surface area (Å²) in [5.74, 6) is -3.61. The molecule has 2 fully saturated rings. The minimum atomic E-state index is -1.62. The van der Waals surface area contributed by atoms with Crippen LogP contribution in [0.1, 0.15) is 100.0 Å². The van der Waals surface area contributed by atoms with Crippen molar-refractivity contribution in [3.8, 4) is 11.5 Å². The van der Waals surface area contributed by atoms with Crippen LogP contribution in [0.25, 0.3) is 5.76 Å². The first-order chi connectivity index (χ1) is 20.3. The number of aliphatic hydroxyl groups is 1. The zero-order chi connectivity index (χ0) is 33.4. The van der Waals surface area contributed by atoms with Crippen molar-refractivity contribution in [1.82, 2.24) is 0 Å². The molecule has 0 saturated heterocycles. The van der Waals surface area contributed by atoms with Gasteiger partial charge in [-0.2, -0.15) is 0 Å². The van der Waals surface area contributed by atoms with Crippen molar-refractivity contribution in [2.45, 2.75) is 94.4 Å². The third kappa shape index (κ3) is 6.00. The fraction of sp³-hybridized carbons (Fsp3) is 0.500. The number of carbonyl (C=O) groups excluding carboxylic acids is 3. The van der Waals surface area contributed by atoms with Gasteiger partial charge in [0.15, 0.2) is 28.8 Å². The molecule has 0 aliphatic heterocycles. The normalized spacial score (nSPS) is 26.0. The number of carbonyl (C=O) groups is 3. The maximum absolute atomic E-state index is 15.2. The van der Waals surface area contributed by atoms with Crippen LogP contribution in [0.3, 0.4) is 0 Å². The second kappa shape index (κ2) is 12.7. The molecule has 0 radical (unpaired) electrons. The van der Waals surface area contributed by atoms with Crippen LogP contribution in [-0.4, -0.2) is 32.7 Å². The first-order valence-electron chi connectivity index (χ1n) is 15.5. The lowest BCUT2D eigenvalue weighted by atomic mass is 9.38. The third-order valence-electron chi connectivity index (χ3n) is 10.0. The molecule has 2 unspecified atom stereocenters. The zero-order valence-electron chi connectivity index (χ0n) is 27.9. The fourth-order valence-electron chi connectivity index (χ4n) is 7.08. The molecule has 0 amide bonds. The van der Waals surface area contributed by atoms with Crippen molar-refractivity contribution in [2.75, 3.05) is 0 Å². The van der Waals surface area contributed by atoms with Crippen LogP contribution in [0.15, 0.2) is 70.9 Å². The predicted molar refractivity (Wildman–Crippen MR) is 176 cm³/mol. The number of rotatable bonds is 10. The molecule has 0 spiro atoms. The molecular formula is C38H50O6. The number of aromatic hydroxyl groups is 2. The highest BCUT2D eigenvalue weighted by atomic mass is 16.3. The van der Waals surface area contributed by atoms with Gasteiger partial charge in [-0.25, -0.2) is 0 Å². The number of aliphatic hydroxyl groups excluding tert-OH is 1. The van der Waals surface area contributed by atoms with Gasteiger partial charge in [-0.15, -0.1) is 0 Å². The summed E-state index contributed by atoms with van der Waals surface area (Å²) in [6, 6.07) is 3.65. The molecule has 0 aromatic heterocycles. The maximum Gasteiger partial charge on any atom is 0.184 e. The Morgan fingerprint density at radius 1 is 0.909 bits per heavy atom. The number of fused-ring (bicyclic) bond motifs is 2. The van der Waals surface area contributed by atoms with E-state index in [1.165, 1.54) is 12.1 Å². The van der Waals surface area contributed by atoms with Crippen LogP contribution in [0, 0.1) is 28.1 Å². The van der Waals surface area contributed by atoms with Gasteiger partial charge in [-0.1, -0.05) is 60.9 Å². The van der Waals surface area contributed by atoms with E-state index in [-0.39, 0.29) is 42.4 Å². The topological polar surface area (TPSA) is 112 Å². The van der Waals surface area contributed by atoms with Gasteiger partial charge in [0.2, 0.25) is 0 Å². The molecule has 1 aromatic carbocycles. The van der Waals surface area contributed by atoms with Crippen molar-refractivity contribution in [1.29, 1.82) is 0 Å². The zero-order valence-corrected chi connectivity index (χ0v) is 27.9. The molecule has 6 nitrogen and oxygen atoms in total. The van der Waals surface area contributed by atoms with E-state index in [1.807, 2.05) is 68.4 Å². The summed E-state index contributed by atoms with van der Waals surface area (Å²) in [6.07, 6.45) is 7.79. The fourth-order valence-corrected chi connectivity index (χ4v) is 7.08. The van der Waals surface area contributed by atoms with Crippen LogP contribution >= 0.6 is 0 Å². The molecule has 44 heavy (non-hydrogen) atoms. The van der Waals surface area contributed by atoms with Crippen LogP contribution in [0.5, 0.6) is 11.5 Å². The van der Waals surface area contributed by atoms with Crippen molar-refractivity contribution in [2.24, 2.45) is 28.1 Å². The number of hydrogen-bond acceptors (Lipinski definition) is 6. The Hall–Kier alpha value is -3.67. The van der Waals surface area contributed by atoms with E-state index in [2.05, 4.69) is 18.7 Å². The molecule has 2 saturated carbocycles. The second-order valence-electron chi connectivity index (χ2n) is 14.3. The number of ketones is 3. The maximum atomic E-state index is 15.2. The van der Waals surface area contributed by atoms with E-state index in [4.69, 9.17) is 0 Å². The average Bonchev–Trinajstić information content (AvgIpc) is 2.91. The van der Waals surface area contributed by atoms with Crippen molar-refractivity contribution < 1.29 is 29.7 Å². The number of benzene rings is 1.